The summed E-state index contributed by atoms with van der Waals surface area (Å²) in [4.78, 5) is 12.5. The van der Waals surface area contributed by atoms with Crippen molar-refractivity contribution in [2.75, 3.05) is 12.4 Å². The molecule has 0 spiro atoms. The Morgan fingerprint density at radius 3 is 2.50 bits per heavy atom. The third-order valence-corrected chi connectivity index (χ3v) is 4.90. The summed E-state index contributed by atoms with van der Waals surface area (Å²) in [6.45, 7) is 8.03. The number of carbonyl (C=O) groups excluding carboxylic acids is 1. The zero-order valence-electron chi connectivity index (χ0n) is 16.0. The van der Waals surface area contributed by atoms with Gasteiger partial charge in [0.05, 0.1) is 18.3 Å². The van der Waals surface area contributed by atoms with Crippen LogP contribution in [0.1, 0.15) is 38.1 Å². The van der Waals surface area contributed by atoms with Crippen molar-refractivity contribution in [3.8, 4) is 5.88 Å². The highest BCUT2D eigenvalue weighted by molar-refractivity contribution is 6.62. The Bertz CT molecular complexity index is 816. The Kier molecular flexibility index (Phi) is 4.58. The van der Waals surface area contributed by atoms with Gasteiger partial charge in [-0.25, -0.2) is 0 Å². The first-order valence-electron chi connectivity index (χ1n) is 8.47. The second-order valence-corrected chi connectivity index (χ2v) is 7.39. The molecule has 3 rings (SSSR count). The van der Waals surface area contributed by atoms with Crippen molar-refractivity contribution >= 4 is 24.2 Å². The van der Waals surface area contributed by atoms with Crippen molar-refractivity contribution < 1.29 is 18.8 Å². The molecular weight excluding hydrogens is 333 g/mol. The summed E-state index contributed by atoms with van der Waals surface area (Å²) in [5.74, 6) is -0.00636. The number of amides is 1. The highest BCUT2D eigenvalue weighted by Gasteiger charge is 2.51. The summed E-state index contributed by atoms with van der Waals surface area (Å²) < 4.78 is 18.8. The number of hydrogen-bond acceptors (Lipinski definition) is 5. The Morgan fingerprint density at radius 2 is 1.88 bits per heavy atom. The number of nitrogens with one attached hydrogen (secondary N) is 1. The third kappa shape index (κ3) is 3.34. The van der Waals surface area contributed by atoms with Crippen LogP contribution in [-0.4, -0.2) is 41.1 Å². The summed E-state index contributed by atoms with van der Waals surface area (Å²) in [6.07, 6.45) is 1.62. The van der Waals surface area contributed by atoms with E-state index >= 15 is 0 Å². The first kappa shape index (κ1) is 18.5. The van der Waals surface area contributed by atoms with E-state index in [0.29, 0.717) is 11.3 Å². The molecule has 2 aromatic rings. The molecule has 0 bridgehead atoms. The van der Waals surface area contributed by atoms with Gasteiger partial charge in [0.15, 0.2) is 0 Å². The number of carbonyl (C=O) groups is 1. The lowest BCUT2D eigenvalue weighted by Crippen LogP contribution is -2.41. The van der Waals surface area contributed by atoms with Gasteiger partial charge in [0.1, 0.15) is 5.56 Å². The molecule has 2 heterocycles. The van der Waals surface area contributed by atoms with Crippen molar-refractivity contribution in [3.05, 3.63) is 36.0 Å². The molecule has 138 valence electrons. The van der Waals surface area contributed by atoms with Crippen LogP contribution in [0.25, 0.3) is 0 Å². The maximum absolute atomic E-state index is 12.5. The molecule has 26 heavy (non-hydrogen) atoms. The highest BCUT2D eigenvalue weighted by atomic mass is 16.7. The van der Waals surface area contributed by atoms with E-state index in [1.165, 1.54) is 11.8 Å². The molecule has 1 aromatic heterocycles. The zero-order valence-corrected chi connectivity index (χ0v) is 16.0. The highest BCUT2D eigenvalue weighted by Crippen LogP contribution is 2.36. The number of rotatable bonds is 4. The van der Waals surface area contributed by atoms with Gasteiger partial charge in [0.2, 0.25) is 5.88 Å². The first-order valence-corrected chi connectivity index (χ1v) is 8.47. The molecule has 1 aromatic carbocycles. The van der Waals surface area contributed by atoms with Crippen molar-refractivity contribution in [1.82, 2.24) is 9.78 Å². The quantitative estimate of drug-likeness (QED) is 0.847. The second-order valence-electron chi connectivity index (χ2n) is 7.39. The van der Waals surface area contributed by atoms with Gasteiger partial charge in [-0.1, -0.05) is 12.1 Å². The number of anilines is 1. The summed E-state index contributed by atoms with van der Waals surface area (Å²) in [7, 11) is 2.74. The fourth-order valence-electron chi connectivity index (χ4n) is 2.72. The average Bonchev–Trinajstić information content (AvgIpc) is 3.04. The van der Waals surface area contributed by atoms with Crippen LogP contribution in [0.15, 0.2) is 30.5 Å². The lowest BCUT2D eigenvalue weighted by Gasteiger charge is -2.32. The monoisotopic (exact) mass is 357 g/mol. The van der Waals surface area contributed by atoms with E-state index in [1.807, 2.05) is 52.0 Å². The van der Waals surface area contributed by atoms with Gasteiger partial charge < -0.3 is 19.4 Å². The molecule has 0 aliphatic carbocycles. The van der Waals surface area contributed by atoms with Gasteiger partial charge >= 0.3 is 7.12 Å². The number of methoxy groups -OCH3 is 1. The Hall–Kier alpha value is -2.32. The first-order chi connectivity index (χ1) is 12.1. The fourth-order valence-corrected chi connectivity index (χ4v) is 2.72. The van der Waals surface area contributed by atoms with Crippen LogP contribution in [-0.2, 0) is 16.4 Å². The van der Waals surface area contributed by atoms with Gasteiger partial charge in [0, 0.05) is 18.9 Å². The van der Waals surface area contributed by atoms with Crippen LogP contribution in [0.4, 0.5) is 5.69 Å². The van der Waals surface area contributed by atoms with Gasteiger partial charge in [-0.3, -0.25) is 9.48 Å². The number of aryl methyl sites for hydroxylation is 1. The Balaban J connectivity index is 1.79. The molecule has 8 heteroatoms. The van der Waals surface area contributed by atoms with Crippen molar-refractivity contribution in [1.29, 1.82) is 0 Å². The number of nitrogens with zero attached hydrogens (tertiary/aromatic N) is 2. The Labute approximate surface area is 153 Å². The minimum atomic E-state index is -0.482. The predicted octanol–water partition coefficient (Wildman–Crippen LogP) is 1.98. The predicted molar refractivity (Wildman–Crippen MR) is 99.9 cm³/mol. The van der Waals surface area contributed by atoms with Crippen LogP contribution >= 0.6 is 0 Å². The summed E-state index contributed by atoms with van der Waals surface area (Å²) in [5.41, 5.74) is 1.03. The van der Waals surface area contributed by atoms with Crippen molar-refractivity contribution in [2.24, 2.45) is 7.05 Å². The molecule has 0 atom stereocenters. The summed E-state index contributed by atoms with van der Waals surface area (Å²) in [6, 6.07) is 7.44. The van der Waals surface area contributed by atoms with Gasteiger partial charge in [-0.15, -0.1) is 5.10 Å². The SMILES string of the molecule is COc1nn(C)cc1C(=O)Nc1cccc(B2OC(C)(C)C(C)(C)O2)c1. The van der Waals surface area contributed by atoms with Crippen molar-refractivity contribution in [3.63, 3.8) is 0 Å². The largest absolute Gasteiger partial charge is 0.494 e. The van der Waals surface area contributed by atoms with E-state index in [-0.39, 0.29) is 11.8 Å². The number of aromatic nitrogens is 2. The maximum atomic E-state index is 12.5. The molecule has 0 saturated carbocycles. The molecule has 1 amide bonds. The van der Waals surface area contributed by atoms with E-state index < -0.39 is 18.3 Å². The van der Waals surface area contributed by atoms with E-state index in [9.17, 15) is 4.79 Å². The van der Waals surface area contributed by atoms with Crippen LogP contribution in [0.2, 0.25) is 0 Å². The molecule has 7 nitrogen and oxygen atoms in total. The van der Waals surface area contributed by atoms with Gasteiger partial charge in [-0.05, 0) is 45.3 Å². The summed E-state index contributed by atoms with van der Waals surface area (Å²) in [5, 5.41) is 6.97. The molecule has 0 unspecified atom stereocenters. The molecule has 1 aliphatic heterocycles. The normalized spacial score (nSPS) is 18.0. The van der Waals surface area contributed by atoms with Gasteiger partial charge in [0.25, 0.3) is 5.91 Å². The molecule has 1 saturated heterocycles. The molecule has 1 N–H and O–H groups in total. The fraction of sp³-hybridized carbons (Fsp3) is 0.444. The lowest BCUT2D eigenvalue weighted by molar-refractivity contribution is 0.00578. The average molecular weight is 357 g/mol. The van der Waals surface area contributed by atoms with Crippen LogP contribution in [0.3, 0.4) is 0 Å². The lowest BCUT2D eigenvalue weighted by atomic mass is 9.79. The van der Waals surface area contributed by atoms with Gasteiger partial charge in [-0.2, -0.15) is 0 Å². The number of ether oxygens (including phenoxy) is 1. The minimum Gasteiger partial charge on any atom is -0.479 e. The number of benzene rings is 1. The van der Waals surface area contributed by atoms with E-state index in [0.717, 1.165) is 5.46 Å². The van der Waals surface area contributed by atoms with E-state index in [1.54, 1.807) is 13.2 Å². The van der Waals surface area contributed by atoms with Crippen LogP contribution < -0.4 is 15.5 Å². The maximum Gasteiger partial charge on any atom is 0.494 e. The molecule has 1 fully saturated rings. The Morgan fingerprint density at radius 1 is 1.23 bits per heavy atom. The minimum absolute atomic E-state index is 0.284. The van der Waals surface area contributed by atoms with E-state index in [4.69, 9.17) is 14.0 Å². The second kappa shape index (κ2) is 6.44. The van der Waals surface area contributed by atoms with Crippen LogP contribution in [0, 0.1) is 0 Å². The smallest absolute Gasteiger partial charge is 0.479 e. The molecule has 0 radical (unpaired) electrons. The molecule has 1 aliphatic rings. The standard InChI is InChI=1S/C18H24BN3O4/c1-17(2)18(3,4)26-19(25-17)12-8-7-9-13(10-12)20-15(23)14-11-22(5)21-16(14)24-6/h7-11H,1-6H3,(H,20,23). The zero-order chi connectivity index (χ0) is 19.1. The third-order valence-electron chi connectivity index (χ3n) is 4.90. The van der Waals surface area contributed by atoms with E-state index in [2.05, 4.69) is 10.4 Å². The molecular formula is C18H24BN3O4. The summed E-state index contributed by atoms with van der Waals surface area (Å²) >= 11 is 0. The topological polar surface area (TPSA) is 74.6 Å². The van der Waals surface area contributed by atoms with Crippen molar-refractivity contribution in [2.45, 2.75) is 38.9 Å². The number of hydrogen-bond donors (Lipinski definition) is 1. The van der Waals surface area contributed by atoms with Crippen LogP contribution in [0.5, 0.6) is 5.88 Å².